The quantitative estimate of drug-likeness (QED) is 0.855. The summed E-state index contributed by atoms with van der Waals surface area (Å²) in [7, 11) is 1.63. The summed E-state index contributed by atoms with van der Waals surface area (Å²) in [5.74, 6) is 1.92. The van der Waals surface area contributed by atoms with Gasteiger partial charge in [0.2, 0.25) is 5.88 Å². The normalized spacial score (nSPS) is 10.2. The Kier molecular flexibility index (Phi) is 3.49. The number of hydrogen-bond acceptors (Lipinski definition) is 5. The summed E-state index contributed by atoms with van der Waals surface area (Å²) in [6.07, 6.45) is 0.659. The first-order chi connectivity index (χ1) is 8.28. The minimum absolute atomic E-state index is 0.324. The Labute approximate surface area is 99.1 Å². The fourth-order valence-corrected chi connectivity index (χ4v) is 1.39. The van der Waals surface area contributed by atoms with Gasteiger partial charge < -0.3 is 19.7 Å². The molecule has 0 bridgehead atoms. The van der Waals surface area contributed by atoms with Crippen LogP contribution in [0.4, 0.5) is 5.88 Å². The van der Waals surface area contributed by atoms with Crippen molar-refractivity contribution in [3.05, 3.63) is 36.0 Å². The molecule has 1 aromatic carbocycles. The number of aromatic nitrogens is 1. The van der Waals surface area contributed by atoms with E-state index in [2.05, 4.69) is 5.16 Å². The minimum Gasteiger partial charge on any atom is -0.497 e. The van der Waals surface area contributed by atoms with Gasteiger partial charge in [0.1, 0.15) is 11.5 Å². The number of benzene rings is 1. The van der Waals surface area contributed by atoms with Gasteiger partial charge in [0.15, 0.2) is 0 Å². The molecule has 0 saturated carbocycles. The Balaban J connectivity index is 1.81. The Morgan fingerprint density at radius 1 is 1.24 bits per heavy atom. The van der Waals surface area contributed by atoms with Crippen molar-refractivity contribution in [3.8, 4) is 11.5 Å². The molecule has 90 valence electrons. The molecule has 0 fully saturated rings. The number of nitrogens with zero attached hydrogens (tertiary/aromatic N) is 1. The van der Waals surface area contributed by atoms with Gasteiger partial charge in [-0.1, -0.05) is 5.16 Å². The summed E-state index contributed by atoms with van der Waals surface area (Å²) in [6.45, 7) is 0.526. The molecule has 0 atom stereocenters. The van der Waals surface area contributed by atoms with Crippen molar-refractivity contribution in [2.75, 3.05) is 19.5 Å². The van der Waals surface area contributed by atoms with E-state index in [-0.39, 0.29) is 0 Å². The first-order valence-corrected chi connectivity index (χ1v) is 5.26. The molecule has 5 nitrogen and oxygen atoms in total. The monoisotopic (exact) mass is 234 g/mol. The van der Waals surface area contributed by atoms with E-state index in [1.165, 1.54) is 0 Å². The van der Waals surface area contributed by atoms with Gasteiger partial charge in [0.05, 0.1) is 19.4 Å². The number of ether oxygens (including phenoxy) is 2. The number of rotatable bonds is 5. The molecule has 2 N–H and O–H groups in total. The average Bonchev–Trinajstić information content (AvgIpc) is 2.76. The average molecular weight is 234 g/mol. The van der Waals surface area contributed by atoms with Crippen LogP contribution in [0.3, 0.4) is 0 Å². The summed E-state index contributed by atoms with van der Waals surface area (Å²) in [4.78, 5) is 0. The van der Waals surface area contributed by atoms with Crippen molar-refractivity contribution in [2.24, 2.45) is 0 Å². The van der Waals surface area contributed by atoms with Crippen LogP contribution in [0.15, 0.2) is 34.9 Å². The van der Waals surface area contributed by atoms with Gasteiger partial charge in [-0.3, -0.25) is 0 Å². The fraction of sp³-hybridized carbons (Fsp3) is 0.250. The molecule has 0 radical (unpaired) electrons. The summed E-state index contributed by atoms with van der Waals surface area (Å²) < 4.78 is 15.3. The molecule has 5 heteroatoms. The SMILES string of the molecule is COc1ccc(OCCc2cc(N)on2)cc1. The molecule has 2 aromatic rings. The van der Waals surface area contributed by atoms with Gasteiger partial charge in [-0.15, -0.1) is 0 Å². The van der Waals surface area contributed by atoms with Crippen LogP contribution in [0, 0.1) is 0 Å². The fourth-order valence-electron chi connectivity index (χ4n) is 1.39. The van der Waals surface area contributed by atoms with Gasteiger partial charge in [-0.25, -0.2) is 0 Å². The van der Waals surface area contributed by atoms with E-state index in [1.807, 2.05) is 24.3 Å². The van der Waals surface area contributed by atoms with Crippen molar-refractivity contribution in [2.45, 2.75) is 6.42 Å². The predicted molar refractivity (Wildman–Crippen MR) is 63.1 cm³/mol. The summed E-state index contributed by atoms with van der Waals surface area (Å²) in [5, 5.41) is 3.77. The Hall–Kier alpha value is -2.17. The molecule has 0 unspecified atom stereocenters. The molecular weight excluding hydrogens is 220 g/mol. The van der Waals surface area contributed by atoms with Gasteiger partial charge in [-0.05, 0) is 24.3 Å². The zero-order valence-corrected chi connectivity index (χ0v) is 9.55. The molecule has 2 rings (SSSR count). The molecular formula is C12H14N2O3. The lowest BCUT2D eigenvalue weighted by atomic mass is 10.3. The highest BCUT2D eigenvalue weighted by molar-refractivity contribution is 5.31. The van der Waals surface area contributed by atoms with Crippen LogP contribution in [0.1, 0.15) is 5.69 Å². The summed E-state index contributed by atoms with van der Waals surface area (Å²) >= 11 is 0. The lowest BCUT2D eigenvalue weighted by molar-refractivity contribution is 0.315. The molecule has 0 aliphatic rings. The van der Waals surface area contributed by atoms with Crippen LogP contribution < -0.4 is 15.2 Å². The number of hydrogen-bond donors (Lipinski definition) is 1. The van der Waals surface area contributed by atoms with E-state index in [0.717, 1.165) is 17.2 Å². The Morgan fingerprint density at radius 3 is 2.53 bits per heavy atom. The Bertz CT molecular complexity index is 465. The van der Waals surface area contributed by atoms with E-state index in [1.54, 1.807) is 13.2 Å². The van der Waals surface area contributed by atoms with E-state index in [9.17, 15) is 0 Å². The highest BCUT2D eigenvalue weighted by Gasteiger charge is 2.01. The molecule has 0 saturated heterocycles. The highest BCUT2D eigenvalue weighted by atomic mass is 16.5. The van der Waals surface area contributed by atoms with Crippen LogP contribution in [0.25, 0.3) is 0 Å². The van der Waals surface area contributed by atoms with Crippen LogP contribution in [0.5, 0.6) is 11.5 Å². The standard InChI is InChI=1S/C12H14N2O3/c1-15-10-2-4-11(5-3-10)16-7-6-9-8-12(13)17-14-9/h2-5,8H,6-7,13H2,1H3. The third kappa shape index (κ3) is 3.14. The van der Waals surface area contributed by atoms with Crippen LogP contribution in [-0.2, 0) is 6.42 Å². The van der Waals surface area contributed by atoms with Crippen molar-refractivity contribution in [1.82, 2.24) is 5.16 Å². The van der Waals surface area contributed by atoms with E-state index < -0.39 is 0 Å². The summed E-state index contributed by atoms with van der Waals surface area (Å²) in [5.41, 5.74) is 6.20. The van der Waals surface area contributed by atoms with Gasteiger partial charge in [-0.2, -0.15) is 0 Å². The highest BCUT2D eigenvalue weighted by Crippen LogP contribution is 2.17. The van der Waals surface area contributed by atoms with Gasteiger partial charge in [0.25, 0.3) is 0 Å². The second-order valence-electron chi connectivity index (χ2n) is 3.49. The van der Waals surface area contributed by atoms with Crippen molar-refractivity contribution in [3.63, 3.8) is 0 Å². The number of nitrogens with two attached hydrogens (primary N) is 1. The van der Waals surface area contributed by atoms with E-state index in [0.29, 0.717) is 18.9 Å². The van der Waals surface area contributed by atoms with E-state index in [4.69, 9.17) is 19.7 Å². The smallest absolute Gasteiger partial charge is 0.222 e. The molecule has 1 aromatic heterocycles. The molecule has 17 heavy (non-hydrogen) atoms. The third-order valence-corrected chi connectivity index (χ3v) is 2.26. The lowest BCUT2D eigenvalue weighted by Crippen LogP contribution is -2.01. The maximum atomic E-state index is 5.54. The van der Waals surface area contributed by atoms with E-state index >= 15 is 0 Å². The lowest BCUT2D eigenvalue weighted by Gasteiger charge is -2.05. The molecule has 0 aliphatic carbocycles. The second-order valence-corrected chi connectivity index (χ2v) is 3.49. The minimum atomic E-state index is 0.324. The van der Waals surface area contributed by atoms with Crippen molar-refractivity contribution >= 4 is 5.88 Å². The van der Waals surface area contributed by atoms with Crippen molar-refractivity contribution in [1.29, 1.82) is 0 Å². The Morgan fingerprint density at radius 2 is 1.94 bits per heavy atom. The van der Waals surface area contributed by atoms with Gasteiger partial charge >= 0.3 is 0 Å². The largest absolute Gasteiger partial charge is 0.497 e. The maximum absolute atomic E-state index is 5.54. The van der Waals surface area contributed by atoms with Crippen LogP contribution >= 0.6 is 0 Å². The first-order valence-electron chi connectivity index (χ1n) is 5.26. The van der Waals surface area contributed by atoms with Crippen LogP contribution in [0.2, 0.25) is 0 Å². The molecule has 0 spiro atoms. The van der Waals surface area contributed by atoms with Gasteiger partial charge in [0, 0.05) is 12.5 Å². The number of nitrogen functional groups attached to an aromatic ring is 1. The molecule has 1 heterocycles. The third-order valence-electron chi connectivity index (χ3n) is 2.26. The zero-order valence-electron chi connectivity index (χ0n) is 9.55. The molecule has 0 amide bonds. The maximum Gasteiger partial charge on any atom is 0.222 e. The first kappa shape index (κ1) is 11.3. The number of methoxy groups -OCH3 is 1. The van der Waals surface area contributed by atoms with Crippen LogP contribution in [-0.4, -0.2) is 18.9 Å². The zero-order chi connectivity index (χ0) is 12.1. The molecule has 0 aliphatic heterocycles. The summed E-state index contributed by atoms with van der Waals surface area (Å²) in [6, 6.07) is 9.11. The van der Waals surface area contributed by atoms with Crippen molar-refractivity contribution < 1.29 is 14.0 Å². The second kappa shape index (κ2) is 5.25. The predicted octanol–water partition coefficient (Wildman–Crippen LogP) is 1.89. The number of anilines is 1. The topological polar surface area (TPSA) is 70.5 Å².